The van der Waals surface area contributed by atoms with Crippen LogP contribution in [0.1, 0.15) is 48.6 Å². The number of thiophene rings is 2. The second kappa shape index (κ2) is 8.90. The van der Waals surface area contributed by atoms with Crippen molar-refractivity contribution in [3.63, 3.8) is 0 Å². The molecule has 194 valence electrons. The Kier molecular flexibility index (Phi) is 5.68. The van der Waals surface area contributed by atoms with E-state index in [1.54, 1.807) is 0 Å². The molecule has 8 nitrogen and oxygen atoms in total. The Labute approximate surface area is 239 Å². The Morgan fingerprint density at radius 1 is 0.675 bits per heavy atom. The summed E-state index contributed by atoms with van der Waals surface area (Å²) in [5, 5.41) is 37.8. The monoisotopic (exact) mass is 560 g/mol. The molecule has 0 bridgehead atoms. The molecule has 2 aliphatic heterocycles. The molecule has 0 saturated carbocycles. The average Bonchev–Trinajstić information content (AvgIpc) is 3.54. The molecule has 0 fully saturated rings. The highest BCUT2D eigenvalue weighted by Crippen LogP contribution is 2.55. The number of allylic oxidation sites excluding steroid dienone is 6. The summed E-state index contributed by atoms with van der Waals surface area (Å²) >= 11 is 2.89. The fourth-order valence-electron chi connectivity index (χ4n) is 5.36. The van der Waals surface area contributed by atoms with Crippen LogP contribution in [0.25, 0.3) is 11.1 Å². The van der Waals surface area contributed by atoms with Gasteiger partial charge < -0.3 is 9.47 Å². The summed E-state index contributed by atoms with van der Waals surface area (Å²) in [6, 6.07) is 11.1. The van der Waals surface area contributed by atoms with Crippen LogP contribution in [0.5, 0.6) is 0 Å². The summed E-state index contributed by atoms with van der Waals surface area (Å²) in [4.78, 5) is 10.5. The molecule has 0 aromatic carbocycles. The quantitative estimate of drug-likeness (QED) is 0.360. The maximum Gasteiger partial charge on any atom is 0.219 e. The molecule has 0 saturated heterocycles. The first-order valence-electron chi connectivity index (χ1n) is 12.4. The lowest BCUT2D eigenvalue weighted by molar-refractivity contribution is 0.0318. The van der Waals surface area contributed by atoms with E-state index in [-0.39, 0.29) is 23.3 Å². The van der Waals surface area contributed by atoms with Gasteiger partial charge in [0.1, 0.15) is 57.0 Å². The maximum atomic E-state index is 9.17. The van der Waals surface area contributed by atoms with Gasteiger partial charge in [-0.05, 0) is 52.0 Å². The molecule has 40 heavy (non-hydrogen) atoms. The van der Waals surface area contributed by atoms with Gasteiger partial charge in [-0.25, -0.2) is 9.98 Å². The van der Waals surface area contributed by atoms with Gasteiger partial charge in [0, 0.05) is 43.9 Å². The first kappa shape index (κ1) is 25.5. The Balaban J connectivity index is 1.43. The molecule has 0 N–H and O–H groups in total. The van der Waals surface area contributed by atoms with E-state index in [0.29, 0.717) is 10.0 Å². The van der Waals surface area contributed by atoms with Gasteiger partial charge in [0.2, 0.25) is 11.4 Å². The van der Waals surface area contributed by atoms with E-state index in [1.165, 1.54) is 22.7 Å². The van der Waals surface area contributed by atoms with Gasteiger partial charge in [-0.2, -0.15) is 21.0 Å². The summed E-state index contributed by atoms with van der Waals surface area (Å²) in [5.41, 5.74) is 2.25. The van der Waals surface area contributed by atoms with E-state index < -0.39 is 11.2 Å². The van der Waals surface area contributed by atoms with Crippen LogP contribution in [-0.4, -0.2) is 11.4 Å². The predicted molar refractivity (Wildman–Crippen MR) is 153 cm³/mol. The number of fused-ring (bicyclic) bond motifs is 7. The number of aliphatic imine (C=N–C) groups is 2. The summed E-state index contributed by atoms with van der Waals surface area (Å²) in [7, 11) is 0. The van der Waals surface area contributed by atoms with Crippen molar-refractivity contribution in [3.05, 3.63) is 68.8 Å². The third-order valence-corrected chi connectivity index (χ3v) is 9.33. The highest BCUT2D eigenvalue weighted by atomic mass is 32.1. The highest BCUT2D eigenvalue weighted by molar-refractivity contribution is 7.17. The topological polar surface area (TPSA) is 138 Å². The van der Waals surface area contributed by atoms with Gasteiger partial charge in [-0.3, -0.25) is 0 Å². The van der Waals surface area contributed by atoms with E-state index in [0.717, 1.165) is 43.5 Å². The van der Waals surface area contributed by atoms with Crippen LogP contribution in [0.15, 0.2) is 57.9 Å². The van der Waals surface area contributed by atoms with E-state index in [4.69, 9.17) is 30.5 Å². The molecule has 2 aliphatic carbocycles. The molecule has 0 radical (unpaired) electrons. The highest BCUT2D eigenvalue weighted by Gasteiger charge is 2.43. The van der Waals surface area contributed by atoms with Gasteiger partial charge in [0.25, 0.3) is 0 Å². The lowest BCUT2D eigenvalue weighted by atomic mass is 9.76. The zero-order valence-corrected chi connectivity index (χ0v) is 23.6. The van der Waals surface area contributed by atoms with Crippen LogP contribution in [0.3, 0.4) is 0 Å². The van der Waals surface area contributed by atoms with Crippen LogP contribution in [0.2, 0.25) is 0 Å². The molecule has 4 aliphatic rings. The molecular formula is C30H20N6O2S2. The maximum absolute atomic E-state index is 9.17. The largest absolute Gasteiger partial charge is 0.483 e. The minimum absolute atomic E-state index is 0.0246. The summed E-state index contributed by atoms with van der Waals surface area (Å²) < 4.78 is 13.0. The van der Waals surface area contributed by atoms with Crippen molar-refractivity contribution in [2.24, 2.45) is 21.8 Å². The number of ether oxygens (including phenoxy) is 2. The number of nitriles is 4. The number of nitrogens with zero attached hydrogens (tertiary/aromatic N) is 6. The van der Waals surface area contributed by atoms with Gasteiger partial charge in [0.15, 0.2) is 0 Å². The van der Waals surface area contributed by atoms with E-state index >= 15 is 0 Å². The van der Waals surface area contributed by atoms with Crippen LogP contribution in [0.4, 0.5) is 10.0 Å². The van der Waals surface area contributed by atoms with Crippen LogP contribution in [0, 0.1) is 57.2 Å². The fourth-order valence-corrected chi connectivity index (χ4v) is 7.80. The summed E-state index contributed by atoms with van der Waals surface area (Å²) in [6.45, 7) is 7.99. The van der Waals surface area contributed by atoms with Gasteiger partial charge in [0.05, 0.1) is 0 Å². The van der Waals surface area contributed by atoms with Crippen LogP contribution < -0.4 is 0 Å². The molecule has 0 amide bonds. The standard InChI is InChI=1S/C30H20N6O2S2/c1-29(2)21-9-25(35-17(11-31)12-32)39-27(21)19-5-16-8-24-20(6-15(16)7-23(19)37-29)28-22(30(3,4)38-24)10-26(40-28)36-18(13-33)14-34/h5-10,15-16H,1-4H3. The first-order valence-corrected chi connectivity index (χ1v) is 14.0. The molecule has 10 heteroatoms. The van der Waals surface area contributed by atoms with Crippen LogP contribution >= 0.6 is 22.7 Å². The van der Waals surface area contributed by atoms with E-state index in [9.17, 15) is 0 Å². The summed E-state index contributed by atoms with van der Waals surface area (Å²) in [6.07, 6.45) is 8.66. The first-order chi connectivity index (χ1) is 19.1. The van der Waals surface area contributed by atoms with Crippen molar-refractivity contribution in [2.75, 3.05) is 0 Å². The number of rotatable bonds is 2. The molecule has 2 aromatic heterocycles. The SMILES string of the molecule is CC1(C)OC2=CC3C=C4C(=CC3C=C2c2sc(N=C(C#N)C#N)cc21)OC(C)(C)c1cc(N=C(C#N)C#N)sc14. The van der Waals surface area contributed by atoms with Gasteiger partial charge in [-0.1, -0.05) is 12.2 Å². The van der Waals surface area contributed by atoms with E-state index in [2.05, 4.69) is 34.3 Å². The Morgan fingerprint density at radius 3 is 1.40 bits per heavy atom. The average molecular weight is 561 g/mol. The van der Waals surface area contributed by atoms with Crippen molar-refractivity contribution >= 4 is 55.2 Å². The molecule has 0 spiro atoms. The molecule has 4 heterocycles. The van der Waals surface area contributed by atoms with Gasteiger partial charge in [-0.15, -0.1) is 22.7 Å². The lowest BCUT2D eigenvalue weighted by Crippen LogP contribution is -2.31. The zero-order valence-electron chi connectivity index (χ0n) is 21.9. The Bertz CT molecular complexity index is 1700. The molecule has 2 atom stereocenters. The lowest BCUT2D eigenvalue weighted by Gasteiger charge is -2.40. The number of hydrogen-bond donors (Lipinski definition) is 0. The van der Waals surface area contributed by atoms with Crippen molar-refractivity contribution in [1.82, 2.24) is 0 Å². The molecule has 6 rings (SSSR count). The molecule has 2 unspecified atom stereocenters. The second-order valence-corrected chi connectivity index (χ2v) is 12.7. The minimum atomic E-state index is -0.622. The third-order valence-electron chi connectivity index (χ3n) is 7.20. The number of hydrogen-bond acceptors (Lipinski definition) is 10. The van der Waals surface area contributed by atoms with Gasteiger partial charge >= 0.3 is 0 Å². The smallest absolute Gasteiger partial charge is 0.219 e. The summed E-state index contributed by atoms with van der Waals surface area (Å²) in [5.74, 6) is 1.62. The molecule has 2 aromatic rings. The van der Waals surface area contributed by atoms with E-state index in [1.807, 2.05) is 64.1 Å². The minimum Gasteiger partial charge on any atom is -0.483 e. The van der Waals surface area contributed by atoms with Crippen molar-refractivity contribution in [1.29, 1.82) is 21.0 Å². The molecular weight excluding hydrogens is 541 g/mol. The van der Waals surface area contributed by atoms with Crippen molar-refractivity contribution < 1.29 is 9.47 Å². The normalized spacial score (nSPS) is 21.8. The third kappa shape index (κ3) is 3.98. The second-order valence-electron chi connectivity index (χ2n) is 10.6. The van der Waals surface area contributed by atoms with Crippen LogP contribution in [-0.2, 0) is 20.7 Å². The zero-order chi connectivity index (χ0) is 28.4. The Morgan fingerprint density at radius 2 is 1.05 bits per heavy atom. The fraction of sp³-hybridized carbons (Fsp3) is 0.267. The Hall–Kier alpha value is -4.74. The predicted octanol–water partition coefficient (Wildman–Crippen LogP) is 7.07. The van der Waals surface area contributed by atoms with Crippen molar-refractivity contribution in [2.45, 2.75) is 38.9 Å². The van der Waals surface area contributed by atoms with Crippen molar-refractivity contribution in [3.8, 4) is 24.3 Å².